The molecule has 0 atom stereocenters. The number of rotatable bonds is 4. The molecule has 96 valence electrons. The SMILES string of the molecule is COc1cccc2c1nc(CCl)n2CC1CCC1. The van der Waals surface area contributed by atoms with Crippen LogP contribution in [0, 0.1) is 5.92 Å². The van der Waals surface area contributed by atoms with Crippen molar-refractivity contribution in [2.75, 3.05) is 7.11 Å². The number of hydrogen-bond acceptors (Lipinski definition) is 2. The molecule has 0 saturated heterocycles. The highest BCUT2D eigenvalue weighted by Crippen LogP contribution is 2.32. The summed E-state index contributed by atoms with van der Waals surface area (Å²) in [7, 11) is 1.68. The summed E-state index contributed by atoms with van der Waals surface area (Å²) in [5, 5.41) is 0. The van der Waals surface area contributed by atoms with E-state index in [1.165, 1.54) is 19.3 Å². The smallest absolute Gasteiger partial charge is 0.146 e. The third-order valence-corrected chi connectivity index (χ3v) is 4.06. The third-order valence-electron chi connectivity index (χ3n) is 3.83. The summed E-state index contributed by atoms with van der Waals surface area (Å²) in [5.41, 5.74) is 2.06. The summed E-state index contributed by atoms with van der Waals surface area (Å²) in [6.07, 6.45) is 4.01. The lowest BCUT2D eigenvalue weighted by Gasteiger charge is -2.26. The maximum absolute atomic E-state index is 6.02. The molecule has 1 aromatic heterocycles. The van der Waals surface area contributed by atoms with Crippen molar-refractivity contribution in [2.24, 2.45) is 5.92 Å². The van der Waals surface area contributed by atoms with Gasteiger partial charge in [-0.1, -0.05) is 12.5 Å². The molecule has 0 spiro atoms. The van der Waals surface area contributed by atoms with Gasteiger partial charge in [0.25, 0.3) is 0 Å². The third kappa shape index (κ3) is 1.87. The lowest BCUT2D eigenvalue weighted by molar-refractivity contribution is 0.277. The zero-order valence-corrected chi connectivity index (χ0v) is 11.3. The Hall–Kier alpha value is -1.22. The molecule has 18 heavy (non-hydrogen) atoms. The van der Waals surface area contributed by atoms with Crippen LogP contribution in [0.3, 0.4) is 0 Å². The zero-order chi connectivity index (χ0) is 12.5. The van der Waals surface area contributed by atoms with Gasteiger partial charge < -0.3 is 9.30 Å². The number of alkyl halides is 1. The van der Waals surface area contributed by atoms with E-state index < -0.39 is 0 Å². The first kappa shape index (κ1) is 11.8. The number of fused-ring (bicyclic) bond motifs is 1. The van der Waals surface area contributed by atoms with E-state index in [-0.39, 0.29) is 0 Å². The van der Waals surface area contributed by atoms with Gasteiger partial charge in [0.1, 0.15) is 17.1 Å². The average Bonchev–Trinajstić information content (AvgIpc) is 2.71. The molecule has 1 aliphatic carbocycles. The summed E-state index contributed by atoms with van der Waals surface area (Å²) in [4.78, 5) is 4.62. The molecular weight excluding hydrogens is 248 g/mol. The lowest BCUT2D eigenvalue weighted by Crippen LogP contribution is -2.19. The fourth-order valence-corrected chi connectivity index (χ4v) is 2.78. The van der Waals surface area contributed by atoms with Gasteiger partial charge in [0.15, 0.2) is 0 Å². The first-order chi connectivity index (χ1) is 8.83. The lowest BCUT2D eigenvalue weighted by atomic mass is 9.85. The van der Waals surface area contributed by atoms with Gasteiger partial charge in [0.05, 0.1) is 18.5 Å². The van der Waals surface area contributed by atoms with Gasteiger partial charge in [-0.25, -0.2) is 4.98 Å². The number of imidazole rings is 1. The van der Waals surface area contributed by atoms with Gasteiger partial charge in [0.2, 0.25) is 0 Å². The van der Waals surface area contributed by atoms with Crippen LogP contribution >= 0.6 is 11.6 Å². The Morgan fingerprint density at radius 1 is 1.44 bits per heavy atom. The van der Waals surface area contributed by atoms with Gasteiger partial charge in [-0.3, -0.25) is 0 Å². The van der Waals surface area contributed by atoms with Crippen LogP contribution < -0.4 is 4.74 Å². The topological polar surface area (TPSA) is 27.1 Å². The number of ether oxygens (including phenoxy) is 1. The Bertz CT molecular complexity index is 560. The summed E-state index contributed by atoms with van der Waals surface area (Å²) in [5.74, 6) is 3.01. The van der Waals surface area contributed by atoms with Gasteiger partial charge in [-0.2, -0.15) is 0 Å². The van der Waals surface area contributed by atoms with Crippen LogP contribution in [0.5, 0.6) is 5.75 Å². The summed E-state index contributed by atoms with van der Waals surface area (Å²) >= 11 is 6.02. The molecule has 0 unspecified atom stereocenters. The molecule has 0 radical (unpaired) electrons. The molecule has 1 aliphatic rings. The highest BCUT2D eigenvalue weighted by molar-refractivity contribution is 6.16. The van der Waals surface area contributed by atoms with Crippen molar-refractivity contribution in [1.82, 2.24) is 9.55 Å². The van der Waals surface area contributed by atoms with Crippen LogP contribution in [0.1, 0.15) is 25.1 Å². The average molecular weight is 265 g/mol. The molecule has 0 N–H and O–H groups in total. The Labute approximate surface area is 112 Å². The Kier molecular flexibility index (Phi) is 3.16. The van der Waals surface area contributed by atoms with Crippen LogP contribution in [-0.4, -0.2) is 16.7 Å². The minimum Gasteiger partial charge on any atom is -0.494 e. The first-order valence-corrected chi connectivity index (χ1v) is 6.95. The van der Waals surface area contributed by atoms with E-state index in [2.05, 4.69) is 15.6 Å². The number of hydrogen-bond donors (Lipinski definition) is 0. The summed E-state index contributed by atoms with van der Waals surface area (Å²) < 4.78 is 7.63. The second-order valence-electron chi connectivity index (χ2n) is 4.90. The normalized spacial score (nSPS) is 15.9. The number of nitrogens with zero attached hydrogens (tertiary/aromatic N) is 2. The number of para-hydroxylation sites is 1. The molecule has 2 aromatic rings. The largest absolute Gasteiger partial charge is 0.494 e. The maximum atomic E-state index is 6.02. The van der Waals surface area contributed by atoms with E-state index in [1.807, 2.05) is 12.1 Å². The Morgan fingerprint density at radius 3 is 2.89 bits per heavy atom. The van der Waals surface area contributed by atoms with E-state index in [9.17, 15) is 0 Å². The van der Waals surface area contributed by atoms with Crippen molar-refractivity contribution < 1.29 is 4.74 Å². The second kappa shape index (κ2) is 4.81. The van der Waals surface area contributed by atoms with Crippen LogP contribution in [0.2, 0.25) is 0 Å². The molecule has 0 bridgehead atoms. The first-order valence-electron chi connectivity index (χ1n) is 6.41. The Balaban J connectivity index is 2.08. The van der Waals surface area contributed by atoms with Crippen molar-refractivity contribution in [3.63, 3.8) is 0 Å². The van der Waals surface area contributed by atoms with Gasteiger partial charge in [0, 0.05) is 6.54 Å². The van der Waals surface area contributed by atoms with E-state index >= 15 is 0 Å². The Morgan fingerprint density at radius 2 is 2.28 bits per heavy atom. The number of halogens is 1. The van der Waals surface area contributed by atoms with Crippen molar-refractivity contribution >= 4 is 22.6 Å². The predicted molar refractivity (Wildman–Crippen MR) is 73.2 cm³/mol. The maximum Gasteiger partial charge on any atom is 0.146 e. The fourth-order valence-electron chi connectivity index (χ4n) is 2.57. The zero-order valence-electron chi connectivity index (χ0n) is 10.5. The molecular formula is C14H17ClN2O. The van der Waals surface area contributed by atoms with E-state index in [1.54, 1.807) is 7.11 Å². The van der Waals surface area contributed by atoms with Crippen LogP contribution in [0.25, 0.3) is 11.0 Å². The molecule has 1 fully saturated rings. The molecule has 1 aromatic carbocycles. The van der Waals surface area contributed by atoms with Crippen LogP contribution in [-0.2, 0) is 12.4 Å². The van der Waals surface area contributed by atoms with E-state index in [4.69, 9.17) is 16.3 Å². The minimum atomic E-state index is 0.449. The number of aromatic nitrogens is 2. The number of methoxy groups -OCH3 is 1. The minimum absolute atomic E-state index is 0.449. The van der Waals surface area contributed by atoms with Gasteiger partial charge in [-0.05, 0) is 30.9 Å². The predicted octanol–water partition coefficient (Wildman–Crippen LogP) is 3.58. The summed E-state index contributed by atoms with van der Waals surface area (Å²) in [6, 6.07) is 6.05. The van der Waals surface area contributed by atoms with Gasteiger partial charge >= 0.3 is 0 Å². The standard InChI is InChI=1S/C14H17ClN2O/c1-18-12-7-3-6-11-14(12)16-13(8-15)17(11)9-10-4-2-5-10/h3,6-7,10H,2,4-5,8-9H2,1H3. The highest BCUT2D eigenvalue weighted by Gasteiger charge is 2.21. The molecule has 3 rings (SSSR count). The van der Waals surface area contributed by atoms with E-state index in [0.29, 0.717) is 5.88 Å². The molecule has 0 amide bonds. The fraction of sp³-hybridized carbons (Fsp3) is 0.500. The molecule has 1 saturated carbocycles. The molecule has 3 nitrogen and oxygen atoms in total. The van der Waals surface area contributed by atoms with Crippen molar-refractivity contribution in [3.8, 4) is 5.75 Å². The van der Waals surface area contributed by atoms with Gasteiger partial charge in [-0.15, -0.1) is 11.6 Å². The van der Waals surface area contributed by atoms with Crippen molar-refractivity contribution in [1.29, 1.82) is 0 Å². The second-order valence-corrected chi connectivity index (χ2v) is 5.16. The number of benzene rings is 1. The van der Waals surface area contributed by atoms with E-state index in [0.717, 1.165) is 35.1 Å². The quantitative estimate of drug-likeness (QED) is 0.789. The van der Waals surface area contributed by atoms with Crippen molar-refractivity contribution in [3.05, 3.63) is 24.0 Å². The van der Waals surface area contributed by atoms with Crippen LogP contribution in [0.4, 0.5) is 0 Å². The molecule has 1 heterocycles. The van der Waals surface area contributed by atoms with Crippen molar-refractivity contribution in [2.45, 2.75) is 31.7 Å². The molecule has 0 aliphatic heterocycles. The highest BCUT2D eigenvalue weighted by atomic mass is 35.5. The molecule has 4 heteroatoms. The van der Waals surface area contributed by atoms with Crippen LogP contribution in [0.15, 0.2) is 18.2 Å². The monoisotopic (exact) mass is 264 g/mol. The summed E-state index contributed by atoms with van der Waals surface area (Å²) in [6.45, 7) is 1.03.